The Labute approximate surface area is 119 Å². The summed E-state index contributed by atoms with van der Waals surface area (Å²) in [6.45, 7) is 9.52. The lowest BCUT2D eigenvalue weighted by Gasteiger charge is -2.22. The number of hydrogen-bond acceptors (Lipinski definition) is 3. The molecule has 0 saturated carbocycles. The van der Waals surface area contributed by atoms with Crippen molar-refractivity contribution in [2.45, 2.75) is 39.5 Å². The number of carboxylic acids is 1. The SMILES string of the molecule is CCN(CC(C)C)S(=O)(=O)c1c(C)[nH]c(C(=O)O)c1C. The Hall–Kier alpha value is -1.34. The van der Waals surface area contributed by atoms with Crippen molar-refractivity contribution in [1.29, 1.82) is 0 Å². The number of H-pyrrole nitrogens is 1. The average molecular weight is 302 g/mol. The standard InChI is InChI=1S/C13H22N2O4S/c1-6-15(7-8(2)3)20(18,19)12-9(4)11(13(16)17)14-10(12)5/h8,14H,6-7H2,1-5H3,(H,16,17). The van der Waals surface area contributed by atoms with E-state index < -0.39 is 16.0 Å². The topological polar surface area (TPSA) is 90.5 Å². The van der Waals surface area contributed by atoms with Gasteiger partial charge in [-0.15, -0.1) is 0 Å². The van der Waals surface area contributed by atoms with Crippen LogP contribution < -0.4 is 0 Å². The Morgan fingerprint density at radius 2 is 1.90 bits per heavy atom. The number of nitrogens with zero attached hydrogens (tertiary/aromatic N) is 1. The molecule has 0 amide bonds. The van der Waals surface area contributed by atoms with Crippen molar-refractivity contribution in [3.05, 3.63) is 17.0 Å². The van der Waals surface area contributed by atoms with E-state index in [1.807, 2.05) is 13.8 Å². The molecule has 20 heavy (non-hydrogen) atoms. The Morgan fingerprint density at radius 1 is 1.35 bits per heavy atom. The molecule has 0 saturated heterocycles. The van der Waals surface area contributed by atoms with Crippen LogP contribution in [-0.2, 0) is 10.0 Å². The minimum absolute atomic E-state index is 0.0679. The fourth-order valence-corrected chi connectivity index (χ4v) is 4.29. The van der Waals surface area contributed by atoms with E-state index >= 15 is 0 Å². The highest BCUT2D eigenvalue weighted by Gasteiger charge is 2.31. The number of sulfonamides is 1. The van der Waals surface area contributed by atoms with Gasteiger partial charge in [-0.05, 0) is 19.8 Å². The summed E-state index contributed by atoms with van der Waals surface area (Å²) in [5.41, 5.74) is 0.556. The lowest BCUT2D eigenvalue weighted by atomic mass is 10.2. The first-order valence-electron chi connectivity index (χ1n) is 6.55. The predicted octanol–water partition coefficient (Wildman–Crippen LogP) is 2.00. The van der Waals surface area contributed by atoms with Crippen LogP contribution in [0.2, 0.25) is 0 Å². The molecule has 1 aromatic heterocycles. The number of hydrogen-bond donors (Lipinski definition) is 2. The molecule has 2 N–H and O–H groups in total. The van der Waals surface area contributed by atoms with Gasteiger partial charge in [0.2, 0.25) is 10.0 Å². The lowest BCUT2D eigenvalue weighted by Crippen LogP contribution is -2.34. The Balaban J connectivity index is 3.38. The highest BCUT2D eigenvalue weighted by molar-refractivity contribution is 7.89. The van der Waals surface area contributed by atoms with Crippen LogP contribution in [0.15, 0.2) is 4.90 Å². The van der Waals surface area contributed by atoms with Crippen LogP contribution in [0, 0.1) is 19.8 Å². The van der Waals surface area contributed by atoms with Crippen molar-refractivity contribution in [2.75, 3.05) is 13.1 Å². The minimum atomic E-state index is -3.68. The highest BCUT2D eigenvalue weighted by Crippen LogP contribution is 2.26. The van der Waals surface area contributed by atoms with E-state index in [0.29, 0.717) is 18.8 Å². The third-order valence-electron chi connectivity index (χ3n) is 3.10. The average Bonchev–Trinajstić information content (AvgIpc) is 2.61. The van der Waals surface area contributed by atoms with Crippen molar-refractivity contribution in [3.63, 3.8) is 0 Å². The van der Waals surface area contributed by atoms with Crippen LogP contribution in [-0.4, -0.2) is 41.9 Å². The van der Waals surface area contributed by atoms with E-state index in [9.17, 15) is 13.2 Å². The normalized spacial score (nSPS) is 12.3. The molecular formula is C13H22N2O4S. The molecule has 0 aliphatic carbocycles. The Morgan fingerprint density at radius 3 is 2.25 bits per heavy atom. The van der Waals surface area contributed by atoms with Crippen LogP contribution >= 0.6 is 0 Å². The summed E-state index contributed by atoms with van der Waals surface area (Å²) < 4.78 is 26.8. The molecule has 6 nitrogen and oxygen atoms in total. The molecule has 0 bridgehead atoms. The van der Waals surface area contributed by atoms with Gasteiger partial charge >= 0.3 is 5.97 Å². The summed E-state index contributed by atoms with van der Waals surface area (Å²) in [4.78, 5) is 13.8. The van der Waals surface area contributed by atoms with Crippen LogP contribution in [0.3, 0.4) is 0 Å². The predicted molar refractivity (Wildman–Crippen MR) is 76.5 cm³/mol. The second kappa shape index (κ2) is 5.97. The Kier molecular flexibility index (Phi) is 4.99. The summed E-state index contributed by atoms with van der Waals surface area (Å²) in [5, 5.41) is 9.07. The zero-order chi connectivity index (χ0) is 15.7. The van der Waals surface area contributed by atoms with Gasteiger partial charge in [-0.2, -0.15) is 4.31 Å². The second-order valence-electron chi connectivity index (χ2n) is 5.23. The first-order chi connectivity index (χ1) is 9.12. The van der Waals surface area contributed by atoms with Gasteiger partial charge in [-0.3, -0.25) is 0 Å². The van der Waals surface area contributed by atoms with E-state index in [4.69, 9.17) is 5.11 Å². The first-order valence-corrected chi connectivity index (χ1v) is 7.99. The fourth-order valence-electron chi connectivity index (χ4n) is 2.27. The maximum Gasteiger partial charge on any atom is 0.352 e. The molecule has 0 unspecified atom stereocenters. The smallest absolute Gasteiger partial charge is 0.352 e. The van der Waals surface area contributed by atoms with Crippen molar-refractivity contribution >= 4 is 16.0 Å². The molecule has 0 spiro atoms. The van der Waals surface area contributed by atoms with E-state index in [2.05, 4.69) is 4.98 Å². The van der Waals surface area contributed by atoms with Crippen molar-refractivity contribution in [3.8, 4) is 0 Å². The van der Waals surface area contributed by atoms with E-state index in [1.54, 1.807) is 13.8 Å². The molecule has 1 heterocycles. The number of carbonyl (C=O) groups is 1. The third kappa shape index (κ3) is 3.04. The molecule has 1 rings (SSSR count). The molecule has 0 aliphatic heterocycles. The number of aromatic amines is 1. The number of rotatable bonds is 6. The second-order valence-corrected chi connectivity index (χ2v) is 7.11. The van der Waals surface area contributed by atoms with Crippen LogP contribution in [0.5, 0.6) is 0 Å². The molecule has 1 aromatic rings. The summed E-state index contributed by atoms with van der Waals surface area (Å²) in [6, 6.07) is 0. The van der Waals surface area contributed by atoms with Gasteiger partial charge in [0.1, 0.15) is 10.6 Å². The van der Waals surface area contributed by atoms with Crippen molar-refractivity contribution in [2.24, 2.45) is 5.92 Å². The highest BCUT2D eigenvalue weighted by atomic mass is 32.2. The molecule has 114 valence electrons. The van der Waals surface area contributed by atoms with Crippen molar-refractivity contribution < 1.29 is 18.3 Å². The quantitative estimate of drug-likeness (QED) is 0.841. The summed E-state index contributed by atoms with van der Waals surface area (Å²) in [5.74, 6) is -0.956. The summed E-state index contributed by atoms with van der Waals surface area (Å²) >= 11 is 0. The van der Waals surface area contributed by atoms with Gasteiger partial charge in [0.15, 0.2) is 0 Å². The van der Waals surface area contributed by atoms with Crippen LogP contribution in [0.25, 0.3) is 0 Å². The van der Waals surface area contributed by atoms with Gasteiger partial charge in [0.05, 0.1) is 0 Å². The van der Waals surface area contributed by atoms with Gasteiger partial charge in [-0.1, -0.05) is 20.8 Å². The number of aromatic nitrogens is 1. The van der Waals surface area contributed by atoms with Crippen molar-refractivity contribution in [1.82, 2.24) is 9.29 Å². The lowest BCUT2D eigenvalue weighted by molar-refractivity contribution is 0.0690. The first kappa shape index (κ1) is 16.7. The fraction of sp³-hybridized carbons (Fsp3) is 0.615. The van der Waals surface area contributed by atoms with Gasteiger partial charge in [-0.25, -0.2) is 13.2 Å². The van der Waals surface area contributed by atoms with Gasteiger partial charge in [0, 0.05) is 24.3 Å². The maximum atomic E-state index is 12.7. The Bertz CT molecular complexity index is 602. The number of aromatic carboxylic acids is 1. The molecule has 0 fully saturated rings. The van der Waals surface area contributed by atoms with E-state index in [0.717, 1.165) is 0 Å². The van der Waals surface area contributed by atoms with Crippen LogP contribution in [0.4, 0.5) is 0 Å². The largest absolute Gasteiger partial charge is 0.477 e. The molecule has 0 radical (unpaired) electrons. The molecule has 0 atom stereocenters. The van der Waals surface area contributed by atoms with E-state index in [1.165, 1.54) is 11.2 Å². The third-order valence-corrected chi connectivity index (χ3v) is 5.32. The maximum absolute atomic E-state index is 12.7. The van der Waals surface area contributed by atoms with Crippen LogP contribution in [0.1, 0.15) is 42.5 Å². The molecule has 0 aliphatic rings. The minimum Gasteiger partial charge on any atom is -0.477 e. The zero-order valence-electron chi connectivity index (χ0n) is 12.5. The van der Waals surface area contributed by atoms with Gasteiger partial charge in [0.25, 0.3) is 0 Å². The monoisotopic (exact) mass is 302 g/mol. The summed E-state index contributed by atoms with van der Waals surface area (Å²) in [6.07, 6.45) is 0. The molecular weight excluding hydrogens is 280 g/mol. The molecule has 7 heteroatoms. The summed E-state index contributed by atoms with van der Waals surface area (Å²) in [7, 11) is -3.68. The number of nitrogens with one attached hydrogen (secondary N) is 1. The zero-order valence-corrected chi connectivity index (χ0v) is 13.3. The van der Waals surface area contributed by atoms with E-state index in [-0.39, 0.29) is 22.1 Å². The van der Waals surface area contributed by atoms with Gasteiger partial charge < -0.3 is 10.1 Å². The number of carboxylic acid groups (broad SMARTS) is 1. The number of aryl methyl sites for hydroxylation is 1. The molecule has 0 aromatic carbocycles.